The SMILES string of the molecule is NCCCOC1CCN(C(=O)C2(Cc3cccc(Cl)c3)CCCC2)CC1. The van der Waals surface area contributed by atoms with Crippen LogP contribution in [0.1, 0.15) is 50.5 Å². The number of nitrogens with zero attached hydrogens (tertiary/aromatic N) is 1. The number of hydrogen-bond acceptors (Lipinski definition) is 3. The lowest BCUT2D eigenvalue weighted by Gasteiger charge is -2.38. The third kappa shape index (κ3) is 4.79. The third-order valence-corrected chi connectivity index (χ3v) is 6.11. The van der Waals surface area contributed by atoms with Gasteiger partial charge in [0.2, 0.25) is 5.91 Å². The average molecular weight is 379 g/mol. The largest absolute Gasteiger partial charge is 0.378 e. The minimum atomic E-state index is -0.238. The number of benzene rings is 1. The first-order chi connectivity index (χ1) is 12.6. The molecule has 1 saturated carbocycles. The van der Waals surface area contributed by atoms with Gasteiger partial charge in [-0.25, -0.2) is 0 Å². The zero-order valence-electron chi connectivity index (χ0n) is 15.6. The van der Waals surface area contributed by atoms with Crippen LogP contribution in [0.3, 0.4) is 0 Å². The molecule has 0 aromatic heterocycles. The number of halogens is 1. The van der Waals surface area contributed by atoms with E-state index in [1.165, 1.54) is 5.56 Å². The van der Waals surface area contributed by atoms with Crippen molar-refractivity contribution < 1.29 is 9.53 Å². The second-order valence-electron chi connectivity index (χ2n) is 7.80. The van der Waals surface area contributed by atoms with E-state index in [-0.39, 0.29) is 11.5 Å². The molecule has 1 aliphatic heterocycles. The molecule has 1 amide bonds. The van der Waals surface area contributed by atoms with Crippen molar-refractivity contribution >= 4 is 17.5 Å². The van der Waals surface area contributed by atoms with Crippen LogP contribution in [0.4, 0.5) is 0 Å². The number of amides is 1. The van der Waals surface area contributed by atoms with Crippen LogP contribution >= 0.6 is 11.6 Å². The van der Waals surface area contributed by atoms with Gasteiger partial charge in [0.25, 0.3) is 0 Å². The molecule has 0 radical (unpaired) electrons. The van der Waals surface area contributed by atoms with Gasteiger partial charge in [0, 0.05) is 24.7 Å². The van der Waals surface area contributed by atoms with Crippen molar-refractivity contribution in [3.63, 3.8) is 0 Å². The Morgan fingerprint density at radius 2 is 2.00 bits per heavy atom. The highest BCUT2D eigenvalue weighted by Gasteiger charge is 2.44. The number of carbonyl (C=O) groups excluding carboxylic acids is 1. The van der Waals surface area contributed by atoms with Gasteiger partial charge in [-0.1, -0.05) is 36.6 Å². The van der Waals surface area contributed by atoms with Gasteiger partial charge in [-0.3, -0.25) is 4.79 Å². The standard InChI is InChI=1S/C21H31ClN2O2/c22-18-6-3-5-17(15-18)16-21(9-1-2-10-21)20(25)24-12-7-19(8-13-24)26-14-4-11-23/h3,5-6,15,19H,1-2,4,7-14,16,23H2. The monoisotopic (exact) mass is 378 g/mol. The van der Waals surface area contributed by atoms with Gasteiger partial charge in [0.05, 0.1) is 11.5 Å². The molecular formula is C21H31ClN2O2. The summed E-state index contributed by atoms with van der Waals surface area (Å²) in [5.74, 6) is 0.343. The molecule has 0 spiro atoms. The fraction of sp³-hybridized carbons (Fsp3) is 0.667. The van der Waals surface area contributed by atoms with Crippen LogP contribution in [0.2, 0.25) is 5.02 Å². The second kappa shape index (κ2) is 9.20. The van der Waals surface area contributed by atoms with E-state index < -0.39 is 0 Å². The number of piperidine rings is 1. The van der Waals surface area contributed by atoms with Gasteiger partial charge in [-0.15, -0.1) is 0 Å². The Hall–Kier alpha value is -1.10. The highest BCUT2D eigenvalue weighted by atomic mass is 35.5. The molecule has 1 aliphatic carbocycles. The summed E-state index contributed by atoms with van der Waals surface area (Å²) in [6.07, 6.45) is 8.12. The van der Waals surface area contributed by atoms with Crippen molar-refractivity contribution in [3.8, 4) is 0 Å². The first kappa shape index (κ1) is 19.7. The number of nitrogens with two attached hydrogens (primary N) is 1. The second-order valence-corrected chi connectivity index (χ2v) is 8.24. The lowest BCUT2D eigenvalue weighted by molar-refractivity contribution is -0.144. The molecule has 1 aromatic rings. The van der Waals surface area contributed by atoms with E-state index in [0.717, 1.165) is 76.1 Å². The zero-order valence-corrected chi connectivity index (χ0v) is 16.3. The molecule has 1 aromatic carbocycles. The van der Waals surface area contributed by atoms with Crippen LogP contribution < -0.4 is 5.73 Å². The van der Waals surface area contributed by atoms with Crippen molar-refractivity contribution in [2.45, 2.75) is 57.5 Å². The number of hydrogen-bond donors (Lipinski definition) is 1. The van der Waals surface area contributed by atoms with Gasteiger partial charge in [0.15, 0.2) is 0 Å². The molecule has 3 rings (SSSR count). The van der Waals surface area contributed by atoms with E-state index in [2.05, 4.69) is 11.0 Å². The van der Waals surface area contributed by atoms with Crippen LogP contribution in [0.25, 0.3) is 0 Å². The van der Waals surface area contributed by atoms with Crippen molar-refractivity contribution in [3.05, 3.63) is 34.9 Å². The minimum Gasteiger partial charge on any atom is -0.378 e. The summed E-state index contributed by atoms with van der Waals surface area (Å²) < 4.78 is 5.88. The normalized spacial score (nSPS) is 20.5. The molecular weight excluding hydrogens is 348 g/mol. The number of likely N-dealkylation sites (tertiary alicyclic amines) is 1. The Morgan fingerprint density at radius 1 is 1.27 bits per heavy atom. The number of rotatable bonds is 7. The van der Waals surface area contributed by atoms with E-state index >= 15 is 0 Å². The molecule has 0 unspecified atom stereocenters. The molecule has 26 heavy (non-hydrogen) atoms. The fourth-order valence-corrected chi connectivity index (χ4v) is 4.66. The Morgan fingerprint density at radius 3 is 2.65 bits per heavy atom. The Kier molecular flexibility index (Phi) is 6.96. The summed E-state index contributed by atoms with van der Waals surface area (Å²) in [6, 6.07) is 7.97. The van der Waals surface area contributed by atoms with Crippen molar-refractivity contribution in [1.82, 2.24) is 4.90 Å². The first-order valence-corrected chi connectivity index (χ1v) is 10.4. The van der Waals surface area contributed by atoms with Crippen molar-refractivity contribution in [2.24, 2.45) is 11.1 Å². The molecule has 5 heteroatoms. The maximum absolute atomic E-state index is 13.4. The number of ether oxygens (including phenoxy) is 1. The van der Waals surface area contributed by atoms with Crippen LogP contribution in [0, 0.1) is 5.41 Å². The zero-order chi connectivity index (χ0) is 18.4. The van der Waals surface area contributed by atoms with E-state index in [9.17, 15) is 4.79 Å². The molecule has 2 fully saturated rings. The quantitative estimate of drug-likeness (QED) is 0.734. The predicted molar refractivity (Wildman–Crippen MR) is 105 cm³/mol. The van der Waals surface area contributed by atoms with Crippen LogP contribution in [0.5, 0.6) is 0 Å². The summed E-state index contributed by atoms with van der Waals surface area (Å²) in [5, 5.41) is 0.749. The topological polar surface area (TPSA) is 55.6 Å². The molecule has 4 nitrogen and oxygen atoms in total. The molecule has 1 saturated heterocycles. The summed E-state index contributed by atoms with van der Waals surface area (Å²) in [4.78, 5) is 15.5. The molecule has 1 heterocycles. The summed E-state index contributed by atoms with van der Waals surface area (Å²) in [7, 11) is 0. The van der Waals surface area contributed by atoms with Gasteiger partial charge < -0.3 is 15.4 Å². The summed E-state index contributed by atoms with van der Waals surface area (Å²) in [5.41, 5.74) is 6.46. The smallest absolute Gasteiger partial charge is 0.229 e. The number of carbonyl (C=O) groups is 1. The van der Waals surface area contributed by atoms with E-state index in [0.29, 0.717) is 12.5 Å². The van der Waals surface area contributed by atoms with Gasteiger partial charge in [0.1, 0.15) is 0 Å². The van der Waals surface area contributed by atoms with Gasteiger partial charge >= 0.3 is 0 Å². The summed E-state index contributed by atoms with van der Waals surface area (Å²) in [6.45, 7) is 3.02. The minimum absolute atomic E-state index is 0.238. The Balaban J connectivity index is 1.61. The highest BCUT2D eigenvalue weighted by Crippen LogP contribution is 2.43. The van der Waals surface area contributed by atoms with Gasteiger partial charge in [-0.2, -0.15) is 0 Å². The molecule has 0 atom stereocenters. The Bertz CT molecular complexity index is 593. The summed E-state index contributed by atoms with van der Waals surface area (Å²) >= 11 is 6.16. The maximum Gasteiger partial charge on any atom is 0.229 e. The Labute approximate surface area is 162 Å². The maximum atomic E-state index is 13.4. The van der Waals surface area contributed by atoms with Crippen LogP contribution in [-0.4, -0.2) is 43.2 Å². The van der Waals surface area contributed by atoms with E-state index in [1.54, 1.807) is 0 Å². The van der Waals surface area contributed by atoms with Crippen LogP contribution in [0.15, 0.2) is 24.3 Å². The average Bonchev–Trinajstić information content (AvgIpc) is 3.11. The third-order valence-electron chi connectivity index (χ3n) is 5.88. The van der Waals surface area contributed by atoms with E-state index in [4.69, 9.17) is 22.1 Å². The lowest BCUT2D eigenvalue weighted by atomic mass is 9.78. The fourth-order valence-electron chi connectivity index (χ4n) is 4.45. The predicted octanol–water partition coefficient (Wildman–Crippen LogP) is 3.80. The highest BCUT2D eigenvalue weighted by molar-refractivity contribution is 6.30. The van der Waals surface area contributed by atoms with Crippen molar-refractivity contribution in [1.29, 1.82) is 0 Å². The lowest BCUT2D eigenvalue weighted by Crippen LogP contribution is -2.48. The molecule has 2 aliphatic rings. The van der Waals surface area contributed by atoms with Crippen molar-refractivity contribution in [2.75, 3.05) is 26.2 Å². The van der Waals surface area contributed by atoms with Gasteiger partial charge in [-0.05, 0) is 62.8 Å². The first-order valence-electron chi connectivity index (χ1n) is 9.98. The molecule has 2 N–H and O–H groups in total. The van der Waals surface area contributed by atoms with E-state index in [1.807, 2.05) is 18.2 Å². The molecule has 144 valence electrons. The van der Waals surface area contributed by atoms with Crippen LogP contribution in [-0.2, 0) is 16.0 Å². The molecule has 0 bridgehead atoms.